The van der Waals surface area contributed by atoms with E-state index in [0.29, 0.717) is 28.9 Å². The molecule has 0 atom stereocenters. The van der Waals surface area contributed by atoms with Gasteiger partial charge >= 0.3 is 0 Å². The molecule has 1 aliphatic rings. The number of hydrogen-bond donors (Lipinski definition) is 1. The van der Waals surface area contributed by atoms with Crippen LogP contribution in [0.3, 0.4) is 0 Å². The largest absolute Gasteiger partial charge is 0.322 e. The van der Waals surface area contributed by atoms with E-state index in [9.17, 15) is 23.2 Å². The van der Waals surface area contributed by atoms with E-state index in [2.05, 4.69) is 5.32 Å². The first kappa shape index (κ1) is 20.7. The summed E-state index contributed by atoms with van der Waals surface area (Å²) in [6.07, 6.45) is 2.08. The number of fused-ring (bicyclic) bond motifs is 1. The molecule has 1 amide bonds. The summed E-state index contributed by atoms with van der Waals surface area (Å²) in [5.41, 5.74) is 0.170. The number of amides is 1. The Morgan fingerprint density at radius 1 is 0.935 bits per heavy atom. The molecule has 5 nitrogen and oxygen atoms in total. The fourth-order valence-electron chi connectivity index (χ4n) is 3.90. The maximum atomic E-state index is 13.4. The minimum atomic E-state index is -0.685. The average molecular weight is 422 g/mol. The minimum absolute atomic E-state index is 0.146. The van der Waals surface area contributed by atoms with Crippen LogP contribution in [0.2, 0.25) is 0 Å². The molecule has 0 saturated carbocycles. The van der Waals surface area contributed by atoms with Gasteiger partial charge in [0.25, 0.3) is 11.5 Å². The summed E-state index contributed by atoms with van der Waals surface area (Å²) in [5, 5.41) is 2.62. The summed E-state index contributed by atoms with van der Waals surface area (Å²) in [6, 6.07) is 10.4. The molecular formula is C24H20F2N2O3. The van der Waals surface area contributed by atoms with Gasteiger partial charge in [-0.1, -0.05) is 13.8 Å². The molecule has 1 heterocycles. The molecule has 0 saturated heterocycles. The molecule has 158 valence electrons. The molecule has 31 heavy (non-hydrogen) atoms. The van der Waals surface area contributed by atoms with Gasteiger partial charge in [-0.2, -0.15) is 0 Å². The van der Waals surface area contributed by atoms with Crippen LogP contribution in [0, 0.1) is 17.0 Å². The summed E-state index contributed by atoms with van der Waals surface area (Å²) in [5.74, 6) is -1.78. The fraction of sp³-hybridized carbons (Fsp3) is 0.208. The van der Waals surface area contributed by atoms with Crippen LogP contribution < -0.4 is 10.9 Å². The van der Waals surface area contributed by atoms with Gasteiger partial charge in [0.15, 0.2) is 5.78 Å². The third kappa shape index (κ3) is 4.03. The van der Waals surface area contributed by atoms with E-state index in [1.165, 1.54) is 59.3 Å². The maximum absolute atomic E-state index is 13.4. The first-order chi connectivity index (χ1) is 14.6. The summed E-state index contributed by atoms with van der Waals surface area (Å²) >= 11 is 0. The predicted octanol–water partition coefficient (Wildman–Crippen LogP) is 4.52. The van der Waals surface area contributed by atoms with Gasteiger partial charge in [-0.15, -0.1) is 0 Å². The number of aromatic nitrogens is 1. The Hall–Kier alpha value is -3.61. The number of carbonyl (C=O) groups excluding carboxylic acids is 2. The molecule has 1 aliphatic carbocycles. The monoisotopic (exact) mass is 422 g/mol. The molecule has 1 aromatic heterocycles. The summed E-state index contributed by atoms with van der Waals surface area (Å²) in [7, 11) is 0. The second-order valence-electron chi connectivity index (χ2n) is 8.45. The second kappa shape index (κ2) is 7.58. The van der Waals surface area contributed by atoms with E-state index >= 15 is 0 Å². The fourth-order valence-corrected chi connectivity index (χ4v) is 3.90. The van der Waals surface area contributed by atoms with Crippen LogP contribution in [0.5, 0.6) is 0 Å². The summed E-state index contributed by atoms with van der Waals surface area (Å²) in [6.45, 7) is 3.81. The number of benzene rings is 2. The van der Waals surface area contributed by atoms with Crippen LogP contribution in [-0.4, -0.2) is 16.3 Å². The number of halogens is 2. The van der Waals surface area contributed by atoms with Gasteiger partial charge in [-0.25, -0.2) is 8.78 Å². The van der Waals surface area contributed by atoms with Crippen molar-refractivity contribution in [2.75, 3.05) is 5.32 Å². The zero-order valence-corrected chi connectivity index (χ0v) is 17.0. The van der Waals surface area contributed by atoms with Crippen LogP contribution in [0.1, 0.15) is 46.5 Å². The number of nitrogens with zero attached hydrogens (tertiary/aromatic N) is 1. The number of Topliss-reactive ketones (excluding diaryl/α,β-unsaturated/α-hetero) is 1. The Bertz CT molecular complexity index is 1240. The van der Waals surface area contributed by atoms with E-state index in [4.69, 9.17) is 0 Å². The van der Waals surface area contributed by atoms with Crippen molar-refractivity contribution in [1.29, 1.82) is 0 Å². The molecule has 7 heteroatoms. The Kier molecular flexibility index (Phi) is 5.05. The van der Waals surface area contributed by atoms with Crippen LogP contribution in [0.4, 0.5) is 14.5 Å². The van der Waals surface area contributed by atoms with Gasteiger partial charge in [-0.05, 0) is 65.9 Å². The molecule has 0 spiro atoms. The van der Waals surface area contributed by atoms with Crippen LogP contribution in [0.15, 0.2) is 59.5 Å². The van der Waals surface area contributed by atoms with Crippen molar-refractivity contribution in [3.05, 3.63) is 93.4 Å². The molecule has 0 bridgehead atoms. The van der Waals surface area contributed by atoms with Gasteiger partial charge in [0, 0.05) is 29.6 Å². The van der Waals surface area contributed by atoms with Crippen LogP contribution in [-0.2, 0) is 6.42 Å². The quantitative estimate of drug-likeness (QED) is 0.675. The predicted molar refractivity (Wildman–Crippen MR) is 113 cm³/mol. The number of ketones is 1. The highest BCUT2D eigenvalue weighted by molar-refractivity contribution is 6.08. The van der Waals surface area contributed by atoms with Crippen molar-refractivity contribution in [1.82, 2.24) is 4.57 Å². The summed E-state index contributed by atoms with van der Waals surface area (Å²) < 4.78 is 27.8. The lowest BCUT2D eigenvalue weighted by Gasteiger charge is -2.31. The van der Waals surface area contributed by atoms with Crippen molar-refractivity contribution in [2.45, 2.75) is 26.7 Å². The van der Waals surface area contributed by atoms with E-state index in [-0.39, 0.29) is 17.8 Å². The lowest BCUT2D eigenvalue weighted by atomic mass is 9.73. The zero-order valence-electron chi connectivity index (χ0n) is 17.0. The Morgan fingerprint density at radius 2 is 1.52 bits per heavy atom. The molecule has 2 aromatic carbocycles. The van der Waals surface area contributed by atoms with Crippen molar-refractivity contribution in [3.8, 4) is 5.69 Å². The first-order valence-corrected chi connectivity index (χ1v) is 9.79. The Morgan fingerprint density at radius 3 is 2.13 bits per heavy atom. The SMILES string of the molecule is CC1(C)CC(=O)c2cn(-c3ccc(F)cc3)c(=O)c(C(=O)Nc3ccc(F)cc3)c2C1. The smallest absolute Gasteiger partial charge is 0.268 e. The topological polar surface area (TPSA) is 68.2 Å². The number of pyridine rings is 1. The first-order valence-electron chi connectivity index (χ1n) is 9.79. The second-order valence-corrected chi connectivity index (χ2v) is 8.45. The lowest BCUT2D eigenvalue weighted by Crippen LogP contribution is -2.37. The van der Waals surface area contributed by atoms with E-state index in [0.717, 1.165) is 0 Å². The van der Waals surface area contributed by atoms with Crippen LogP contribution >= 0.6 is 0 Å². The van der Waals surface area contributed by atoms with E-state index < -0.39 is 28.5 Å². The third-order valence-electron chi connectivity index (χ3n) is 5.35. The molecule has 0 aliphatic heterocycles. The number of nitrogens with one attached hydrogen (secondary N) is 1. The van der Waals surface area contributed by atoms with Gasteiger partial charge in [0.05, 0.1) is 0 Å². The number of hydrogen-bond acceptors (Lipinski definition) is 3. The summed E-state index contributed by atoms with van der Waals surface area (Å²) in [4.78, 5) is 39.4. The van der Waals surface area contributed by atoms with Gasteiger partial charge in [0.2, 0.25) is 0 Å². The molecule has 0 radical (unpaired) electrons. The molecule has 1 N–H and O–H groups in total. The van der Waals surface area contributed by atoms with Crippen molar-refractivity contribution >= 4 is 17.4 Å². The van der Waals surface area contributed by atoms with E-state index in [1.54, 1.807) is 0 Å². The van der Waals surface area contributed by atoms with Gasteiger partial charge in [-0.3, -0.25) is 19.0 Å². The average Bonchev–Trinajstić information content (AvgIpc) is 2.69. The van der Waals surface area contributed by atoms with Gasteiger partial charge in [0.1, 0.15) is 17.2 Å². The Balaban J connectivity index is 1.90. The molecule has 0 fully saturated rings. The normalized spacial score (nSPS) is 14.8. The third-order valence-corrected chi connectivity index (χ3v) is 5.35. The Labute approximate surface area is 177 Å². The van der Waals surface area contributed by atoms with Gasteiger partial charge < -0.3 is 5.32 Å². The molecule has 4 rings (SSSR count). The maximum Gasteiger partial charge on any atom is 0.268 e. The standard InChI is InChI=1S/C24H20F2N2O3/c1-24(2)11-18-19(20(29)12-24)13-28(17-9-5-15(26)6-10-17)23(31)21(18)22(30)27-16-7-3-14(25)4-8-16/h3-10,13H,11-12H2,1-2H3,(H,27,30). The van der Waals surface area contributed by atoms with Crippen molar-refractivity contribution in [2.24, 2.45) is 5.41 Å². The number of anilines is 1. The lowest BCUT2D eigenvalue weighted by molar-refractivity contribution is 0.0910. The number of carbonyl (C=O) groups is 2. The molecule has 0 unspecified atom stereocenters. The highest BCUT2D eigenvalue weighted by Crippen LogP contribution is 2.36. The minimum Gasteiger partial charge on any atom is -0.322 e. The highest BCUT2D eigenvalue weighted by atomic mass is 19.1. The molecular weight excluding hydrogens is 402 g/mol. The zero-order chi connectivity index (χ0) is 22.3. The van der Waals surface area contributed by atoms with Crippen molar-refractivity contribution in [3.63, 3.8) is 0 Å². The van der Waals surface area contributed by atoms with Crippen LogP contribution in [0.25, 0.3) is 5.69 Å². The highest BCUT2D eigenvalue weighted by Gasteiger charge is 2.36. The van der Waals surface area contributed by atoms with E-state index in [1.807, 2.05) is 13.8 Å². The molecule has 3 aromatic rings. The number of rotatable bonds is 3. The van der Waals surface area contributed by atoms with Crippen molar-refractivity contribution < 1.29 is 18.4 Å².